The van der Waals surface area contributed by atoms with Crippen molar-refractivity contribution in [2.45, 2.75) is 18.9 Å². The molecule has 0 fully saturated rings. The average Bonchev–Trinajstić information content (AvgIpc) is 3.02. The highest BCUT2D eigenvalue weighted by Crippen LogP contribution is 2.34. The molecule has 6 nitrogen and oxygen atoms in total. The highest BCUT2D eigenvalue weighted by Gasteiger charge is 2.38. The van der Waals surface area contributed by atoms with Crippen molar-refractivity contribution in [2.75, 3.05) is 12.4 Å². The smallest absolute Gasteiger partial charge is 0.453 e. The number of aromatic nitrogens is 4. The predicted molar refractivity (Wildman–Crippen MR) is 81.1 cm³/mol. The van der Waals surface area contributed by atoms with Crippen LogP contribution in [0, 0.1) is 0 Å². The molecule has 0 saturated carbocycles. The Morgan fingerprint density at radius 1 is 1.00 bits per heavy atom. The summed E-state index contributed by atoms with van der Waals surface area (Å²) in [7, 11) is 1.24. The minimum atomic E-state index is -4.77. The molecule has 3 rings (SSSR count). The van der Waals surface area contributed by atoms with E-state index < -0.39 is 23.7 Å². The number of halogens is 6. The first kappa shape index (κ1) is 18.7. The van der Waals surface area contributed by atoms with Gasteiger partial charge in [-0.25, -0.2) is 0 Å². The molecule has 0 atom stereocenters. The number of alkyl halides is 6. The zero-order chi connectivity index (χ0) is 19.8. The lowest BCUT2D eigenvalue weighted by atomic mass is 10.1. The molecule has 0 aliphatic carbocycles. The van der Waals surface area contributed by atoms with Gasteiger partial charge in [0.05, 0.1) is 12.7 Å². The normalized spacial score (nSPS) is 12.4. The van der Waals surface area contributed by atoms with Crippen molar-refractivity contribution in [1.29, 1.82) is 0 Å². The Hall–Kier alpha value is -3.05. The van der Waals surface area contributed by atoms with Crippen molar-refractivity contribution in [1.82, 2.24) is 19.8 Å². The molecule has 0 unspecified atom stereocenters. The molecule has 2 heterocycles. The molecule has 12 heteroatoms. The summed E-state index contributed by atoms with van der Waals surface area (Å²) in [6.45, 7) is -0.319. The largest absolute Gasteiger partial charge is 0.497 e. The fourth-order valence-corrected chi connectivity index (χ4v) is 2.35. The topological polar surface area (TPSA) is 64.3 Å². The number of rotatable bonds is 4. The van der Waals surface area contributed by atoms with E-state index in [0.717, 1.165) is 6.07 Å². The number of anilines is 1. The lowest BCUT2D eigenvalue weighted by molar-refractivity contribution is -0.146. The Morgan fingerprint density at radius 3 is 2.37 bits per heavy atom. The second-order valence-corrected chi connectivity index (χ2v) is 5.38. The van der Waals surface area contributed by atoms with Gasteiger partial charge in [-0.05, 0) is 29.8 Å². The van der Waals surface area contributed by atoms with Crippen molar-refractivity contribution in [3.8, 4) is 5.75 Å². The highest BCUT2D eigenvalue weighted by atomic mass is 19.4. The second-order valence-electron chi connectivity index (χ2n) is 5.38. The number of hydrogen-bond donors (Lipinski definition) is 1. The molecule has 0 saturated heterocycles. The van der Waals surface area contributed by atoms with Crippen LogP contribution < -0.4 is 10.1 Å². The van der Waals surface area contributed by atoms with E-state index in [2.05, 4.69) is 20.6 Å². The van der Waals surface area contributed by atoms with Crippen molar-refractivity contribution < 1.29 is 31.1 Å². The third kappa shape index (κ3) is 3.88. The van der Waals surface area contributed by atoms with Crippen molar-refractivity contribution >= 4 is 11.5 Å². The van der Waals surface area contributed by atoms with E-state index in [1.807, 2.05) is 0 Å². The SMILES string of the molecule is COc1ccc(CNc2ccc3nnc(C(F)(F)F)n3n2)c(C(F)(F)F)c1. The van der Waals surface area contributed by atoms with Gasteiger partial charge in [-0.1, -0.05) is 6.07 Å². The summed E-state index contributed by atoms with van der Waals surface area (Å²) in [5.41, 5.74) is -1.19. The van der Waals surface area contributed by atoms with Crippen LogP contribution >= 0.6 is 0 Å². The van der Waals surface area contributed by atoms with Gasteiger partial charge in [0.15, 0.2) is 5.65 Å². The second kappa shape index (κ2) is 6.59. The molecule has 27 heavy (non-hydrogen) atoms. The summed E-state index contributed by atoms with van der Waals surface area (Å²) in [6.07, 6.45) is -9.40. The van der Waals surface area contributed by atoms with E-state index in [4.69, 9.17) is 4.74 Å². The average molecular weight is 391 g/mol. The standard InChI is InChI=1S/C15H11F6N5O/c1-27-9-3-2-8(10(6-9)14(16,17)18)7-22-11-4-5-12-23-24-13(15(19,20)21)26(12)25-11/h2-6H,7H2,1H3,(H,22,25). The molecular weight excluding hydrogens is 380 g/mol. The van der Waals surface area contributed by atoms with E-state index in [-0.39, 0.29) is 29.3 Å². The molecule has 0 spiro atoms. The summed E-state index contributed by atoms with van der Waals surface area (Å²) >= 11 is 0. The molecule has 144 valence electrons. The van der Waals surface area contributed by atoms with Crippen molar-refractivity contribution in [3.63, 3.8) is 0 Å². The van der Waals surface area contributed by atoms with E-state index >= 15 is 0 Å². The Bertz CT molecular complexity index is 965. The summed E-state index contributed by atoms with van der Waals surface area (Å²) < 4.78 is 83.5. The van der Waals surface area contributed by atoms with Crippen LogP contribution in [0.3, 0.4) is 0 Å². The number of ether oxygens (including phenoxy) is 1. The first-order valence-electron chi connectivity index (χ1n) is 7.37. The molecule has 0 amide bonds. The number of nitrogens with one attached hydrogen (secondary N) is 1. The quantitative estimate of drug-likeness (QED) is 0.686. The maximum Gasteiger partial charge on any atom is 0.453 e. The molecule has 0 aliphatic heterocycles. The fraction of sp³-hybridized carbons (Fsp3) is 0.267. The van der Waals surface area contributed by atoms with Gasteiger partial charge >= 0.3 is 12.4 Å². The molecular formula is C15H11F6N5O. The van der Waals surface area contributed by atoms with Crippen LogP contribution in [0.25, 0.3) is 5.65 Å². The van der Waals surface area contributed by atoms with Gasteiger partial charge in [0, 0.05) is 6.54 Å². The predicted octanol–water partition coefficient (Wildman–Crippen LogP) is 3.78. The van der Waals surface area contributed by atoms with Gasteiger partial charge < -0.3 is 10.1 Å². The van der Waals surface area contributed by atoms with Gasteiger partial charge in [-0.3, -0.25) is 0 Å². The van der Waals surface area contributed by atoms with Gasteiger partial charge in [-0.15, -0.1) is 15.3 Å². The lowest BCUT2D eigenvalue weighted by Gasteiger charge is -2.15. The van der Waals surface area contributed by atoms with Crippen LogP contribution in [0.1, 0.15) is 17.0 Å². The monoisotopic (exact) mass is 391 g/mol. The minimum absolute atomic E-state index is 0.0323. The molecule has 0 aliphatic rings. The maximum atomic E-state index is 13.2. The van der Waals surface area contributed by atoms with E-state index in [1.165, 1.54) is 31.4 Å². The molecule has 1 aromatic carbocycles. The zero-order valence-corrected chi connectivity index (χ0v) is 13.6. The Morgan fingerprint density at radius 2 is 1.74 bits per heavy atom. The number of fused-ring (bicyclic) bond motifs is 1. The maximum absolute atomic E-state index is 13.2. The van der Waals surface area contributed by atoms with Gasteiger partial charge in [0.1, 0.15) is 11.6 Å². The van der Waals surface area contributed by atoms with Gasteiger partial charge in [0.2, 0.25) is 0 Å². The number of hydrogen-bond acceptors (Lipinski definition) is 5. The highest BCUT2D eigenvalue weighted by molar-refractivity contribution is 5.46. The van der Waals surface area contributed by atoms with Crippen LogP contribution in [0.2, 0.25) is 0 Å². The zero-order valence-electron chi connectivity index (χ0n) is 13.6. The van der Waals surface area contributed by atoms with E-state index in [1.54, 1.807) is 0 Å². The molecule has 3 aromatic rings. The van der Waals surface area contributed by atoms with E-state index in [9.17, 15) is 26.3 Å². The van der Waals surface area contributed by atoms with Crippen LogP contribution in [-0.2, 0) is 18.9 Å². The molecule has 0 bridgehead atoms. The summed E-state index contributed by atoms with van der Waals surface area (Å²) in [4.78, 5) is 0. The third-order valence-electron chi connectivity index (χ3n) is 3.60. The molecule has 2 aromatic heterocycles. The Balaban J connectivity index is 1.89. The summed E-state index contributed by atoms with van der Waals surface area (Å²) in [5.74, 6) is -1.37. The van der Waals surface area contributed by atoms with Crippen molar-refractivity contribution in [3.05, 3.63) is 47.3 Å². The third-order valence-corrected chi connectivity index (χ3v) is 3.60. The van der Waals surface area contributed by atoms with Crippen LogP contribution in [-0.4, -0.2) is 26.9 Å². The minimum Gasteiger partial charge on any atom is -0.497 e. The van der Waals surface area contributed by atoms with Crippen LogP contribution in [0.4, 0.5) is 32.2 Å². The fourth-order valence-electron chi connectivity index (χ4n) is 2.35. The van der Waals surface area contributed by atoms with Crippen LogP contribution in [0.5, 0.6) is 5.75 Å². The summed E-state index contributed by atoms with van der Waals surface area (Å²) in [5, 5.41) is 12.6. The van der Waals surface area contributed by atoms with Gasteiger partial charge in [0.25, 0.3) is 5.82 Å². The molecule has 0 radical (unpaired) electrons. The Labute approximate surface area is 147 Å². The van der Waals surface area contributed by atoms with Crippen molar-refractivity contribution in [2.24, 2.45) is 0 Å². The summed E-state index contributed by atoms with van der Waals surface area (Å²) in [6, 6.07) is 5.92. The first-order valence-corrected chi connectivity index (χ1v) is 7.37. The molecule has 1 N–H and O–H groups in total. The number of nitrogens with zero attached hydrogens (tertiary/aromatic N) is 4. The number of benzene rings is 1. The Kier molecular flexibility index (Phi) is 4.57. The first-order chi connectivity index (χ1) is 12.6. The lowest BCUT2D eigenvalue weighted by Crippen LogP contribution is -2.15. The van der Waals surface area contributed by atoms with Crippen LogP contribution in [0.15, 0.2) is 30.3 Å². The van der Waals surface area contributed by atoms with Gasteiger partial charge in [-0.2, -0.15) is 30.9 Å². The number of methoxy groups -OCH3 is 1. The van der Waals surface area contributed by atoms with E-state index in [0.29, 0.717) is 4.52 Å².